The van der Waals surface area contributed by atoms with E-state index in [2.05, 4.69) is 5.22 Å². The molecule has 0 fully saturated rings. The molecule has 2 heterocycles. The van der Waals surface area contributed by atoms with E-state index < -0.39 is 11.6 Å². The Morgan fingerprint density at radius 2 is 1.92 bits per heavy atom. The third-order valence-electron chi connectivity index (χ3n) is 4.47. The monoisotopic (exact) mass is 353 g/mol. The molecule has 0 saturated heterocycles. The van der Waals surface area contributed by atoms with E-state index in [1.165, 1.54) is 25.1 Å². The lowest BCUT2D eigenvalue weighted by molar-refractivity contribution is -0.0309. The fraction of sp³-hybridized carbons (Fsp3) is 0.111. The highest BCUT2D eigenvalue weighted by Gasteiger charge is 2.45. The molecule has 1 aliphatic rings. The number of rotatable bonds is 2. The SMILES string of the molecule is CC(=N)N(N=N)c1ccc2cc3n(c(=O)c2c1)C(F)(F)c1ccccc1-3. The standard InChI is InChI=1S/C18H13F2N5O/c1-10(21)25(23-22)12-7-6-11-8-16-13-4-2-3-5-15(13)18(19,20)24(16)17(26)14(11)9-12/h2-9,21-22H,1H3. The summed E-state index contributed by atoms with van der Waals surface area (Å²) in [6, 6.07) is 8.74. The molecule has 6 nitrogen and oxygen atoms in total. The predicted octanol–water partition coefficient (Wildman–Crippen LogP) is 4.33. The fourth-order valence-electron chi connectivity index (χ4n) is 3.32. The van der Waals surface area contributed by atoms with Crippen LogP contribution in [0.3, 0.4) is 0 Å². The highest BCUT2D eigenvalue weighted by Crippen LogP contribution is 2.45. The molecule has 0 unspecified atom stereocenters. The van der Waals surface area contributed by atoms with Gasteiger partial charge in [0.1, 0.15) is 5.84 Å². The van der Waals surface area contributed by atoms with Crippen LogP contribution in [-0.2, 0) is 6.05 Å². The molecule has 0 radical (unpaired) electrons. The Morgan fingerprint density at radius 1 is 1.19 bits per heavy atom. The van der Waals surface area contributed by atoms with Gasteiger partial charge in [0, 0.05) is 10.9 Å². The molecule has 0 spiro atoms. The molecule has 3 aromatic rings. The minimum Gasteiger partial charge on any atom is -0.287 e. The minimum absolute atomic E-state index is 0.0293. The normalized spacial score (nSPS) is 14.0. The number of pyridine rings is 1. The third-order valence-corrected chi connectivity index (χ3v) is 4.47. The number of alkyl halides is 2. The summed E-state index contributed by atoms with van der Waals surface area (Å²) in [6.07, 6.45) is 0. The summed E-state index contributed by atoms with van der Waals surface area (Å²) >= 11 is 0. The first-order chi connectivity index (χ1) is 12.4. The van der Waals surface area contributed by atoms with Crippen molar-refractivity contribution in [2.45, 2.75) is 13.0 Å². The van der Waals surface area contributed by atoms with E-state index in [0.717, 1.165) is 5.01 Å². The Hall–Kier alpha value is -3.42. The van der Waals surface area contributed by atoms with Crippen molar-refractivity contribution in [1.29, 1.82) is 10.9 Å². The molecule has 0 saturated carbocycles. The van der Waals surface area contributed by atoms with Gasteiger partial charge in [-0.1, -0.05) is 35.6 Å². The van der Waals surface area contributed by atoms with Gasteiger partial charge < -0.3 is 0 Å². The lowest BCUT2D eigenvalue weighted by atomic mass is 10.0. The van der Waals surface area contributed by atoms with Gasteiger partial charge >= 0.3 is 6.05 Å². The lowest BCUT2D eigenvalue weighted by Crippen LogP contribution is -2.32. The van der Waals surface area contributed by atoms with E-state index in [4.69, 9.17) is 10.9 Å². The summed E-state index contributed by atoms with van der Waals surface area (Å²) in [5, 5.41) is 12.4. The molecule has 0 aliphatic carbocycles. The van der Waals surface area contributed by atoms with Gasteiger partial charge in [-0.05, 0) is 30.5 Å². The van der Waals surface area contributed by atoms with Gasteiger partial charge in [-0.15, -0.1) is 0 Å². The van der Waals surface area contributed by atoms with Crippen LogP contribution < -0.4 is 10.6 Å². The van der Waals surface area contributed by atoms with Crippen LogP contribution in [-0.4, -0.2) is 10.4 Å². The number of benzene rings is 2. The Morgan fingerprint density at radius 3 is 2.62 bits per heavy atom. The van der Waals surface area contributed by atoms with Crippen LogP contribution in [0, 0.1) is 10.9 Å². The van der Waals surface area contributed by atoms with Crippen molar-refractivity contribution in [2.24, 2.45) is 5.22 Å². The number of hydrogen-bond donors (Lipinski definition) is 2. The summed E-state index contributed by atoms with van der Waals surface area (Å²) in [6.45, 7) is 1.43. The molecular weight excluding hydrogens is 340 g/mol. The van der Waals surface area contributed by atoms with E-state index >= 15 is 0 Å². The highest BCUT2D eigenvalue weighted by molar-refractivity contribution is 5.96. The number of nitrogens with one attached hydrogen (secondary N) is 2. The van der Waals surface area contributed by atoms with Gasteiger partial charge in [0.2, 0.25) is 0 Å². The molecule has 130 valence electrons. The van der Waals surface area contributed by atoms with Crippen LogP contribution in [0.1, 0.15) is 12.5 Å². The lowest BCUT2D eigenvalue weighted by Gasteiger charge is -2.17. The van der Waals surface area contributed by atoms with Gasteiger partial charge in [-0.25, -0.2) is 9.58 Å². The first kappa shape index (κ1) is 16.1. The summed E-state index contributed by atoms with van der Waals surface area (Å²) in [4.78, 5) is 12.9. The second kappa shape index (κ2) is 5.29. The van der Waals surface area contributed by atoms with Crippen LogP contribution in [0.25, 0.3) is 22.0 Å². The minimum atomic E-state index is -3.44. The van der Waals surface area contributed by atoms with Crippen LogP contribution in [0.5, 0.6) is 0 Å². The van der Waals surface area contributed by atoms with Crippen molar-refractivity contribution in [2.75, 3.05) is 5.01 Å². The van der Waals surface area contributed by atoms with Crippen molar-refractivity contribution in [3.63, 3.8) is 0 Å². The van der Waals surface area contributed by atoms with E-state index in [9.17, 15) is 13.6 Å². The molecule has 26 heavy (non-hydrogen) atoms. The van der Waals surface area contributed by atoms with Gasteiger partial charge in [0.05, 0.1) is 16.9 Å². The number of hydrogen-bond acceptors (Lipinski definition) is 4. The molecular formula is C18H13F2N5O. The van der Waals surface area contributed by atoms with Gasteiger partial charge in [0.25, 0.3) is 5.56 Å². The molecule has 2 aromatic carbocycles. The third kappa shape index (κ3) is 2.01. The van der Waals surface area contributed by atoms with E-state index in [1.807, 2.05) is 0 Å². The zero-order valence-corrected chi connectivity index (χ0v) is 13.6. The number of halogens is 2. The molecule has 4 rings (SSSR count). The van der Waals surface area contributed by atoms with Crippen LogP contribution >= 0.6 is 0 Å². The Balaban J connectivity index is 2.04. The van der Waals surface area contributed by atoms with Crippen LogP contribution in [0.2, 0.25) is 0 Å². The Kier molecular flexibility index (Phi) is 3.27. The maximum absolute atomic E-state index is 14.8. The van der Waals surface area contributed by atoms with Crippen molar-refractivity contribution in [3.8, 4) is 11.3 Å². The average molecular weight is 353 g/mol. The maximum Gasteiger partial charge on any atom is 0.359 e. The zero-order valence-electron chi connectivity index (χ0n) is 13.6. The average Bonchev–Trinajstić information content (AvgIpc) is 2.84. The fourth-order valence-corrected chi connectivity index (χ4v) is 3.32. The number of fused-ring (bicyclic) bond motifs is 4. The van der Waals surface area contributed by atoms with E-state index in [0.29, 0.717) is 15.5 Å². The number of nitrogens with zero attached hydrogens (tertiary/aromatic N) is 3. The van der Waals surface area contributed by atoms with Crippen molar-refractivity contribution in [1.82, 2.24) is 4.57 Å². The van der Waals surface area contributed by atoms with E-state index in [1.54, 1.807) is 30.3 Å². The van der Waals surface area contributed by atoms with Crippen molar-refractivity contribution >= 4 is 22.3 Å². The van der Waals surface area contributed by atoms with Gasteiger partial charge in [-0.2, -0.15) is 14.3 Å². The summed E-state index contributed by atoms with van der Waals surface area (Å²) < 4.78 is 30.2. The molecule has 1 aromatic heterocycles. The smallest absolute Gasteiger partial charge is 0.287 e. The van der Waals surface area contributed by atoms with Crippen LogP contribution in [0.4, 0.5) is 14.5 Å². The number of aromatic nitrogens is 1. The molecule has 0 bridgehead atoms. The van der Waals surface area contributed by atoms with Gasteiger partial charge in [-0.3, -0.25) is 10.2 Å². The zero-order chi connectivity index (χ0) is 18.6. The van der Waals surface area contributed by atoms with Gasteiger partial charge in [0.15, 0.2) is 0 Å². The second-order valence-electron chi connectivity index (χ2n) is 6.03. The van der Waals surface area contributed by atoms with Crippen LogP contribution in [0.15, 0.2) is 58.5 Å². The quantitative estimate of drug-likeness (QED) is 0.311. The Bertz CT molecular complexity index is 1150. The maximum atomic E-state index is 14.8. The molecule has 0 amide bonds. The van der Waals surface area contributed by atoms with Crippen molar-refractivity contribution < 1.29 is 8.78 Å². The first-order valence-electron chi connectivity index (χ1n) is 7.77. The first-order valence-corrected chi connectivity index (χ1v) is 7.77. The number of anilines is 1. The molecule has 0 atom stereocenters. The molecule has 2 N–H and O–H groups in total. The van der Waals surface area contributed by atoms with Crippen molar-refractivity contribution in [3.05, 3.63) is 64.4 Å². The van der Waals surface area contributed by atoms with E-state index in [-0.39, 0.29) is 28.2 Å². The Labute approximate surface area is 146 Å². The molecule has 1 aliphatic heterocycles. The summed E-state index contributed by atoms with van der Waals surface area (Å²) in [5.74, 6) is -0.0293. The second-order valence-corrected chi connectivity index (χ2v) is 6.03. The largest absolute Gasteiger partial charge is 0.359 e. The summed E-state index contributed by atoms with van der Waals surface area (Å²) in [5.41, 5.74) is 6.93. The molecule has 8 heteroatoms. The predicted molar refractivity (Wildman–Crippen MR) is 94.0 cm³/mol. The topological polar surface area (TPSA) is 85.3 Å². The number of amidine groups is 1. The summed E-state index contributed by atoms with van der Waals surface area (Å²) in [7, 11) is 0. The highest BCUT2D eigenvalue weighted by atomic mass is 19.3.